The number of hydrogen-bond acceptors (Lipinski definition) is 3. The van der Waals surface area contributed by atoms with Crippen molar-refractivity contribution in [3.05, 3.63) is 53.7 Å². The molecule has 1 aromatic heterocycles. The van der Waals surface area contributed by atoms with Gasteiger partial charge in [0.25, 0.3) is 5.91 Å². The minimum absolute atomic E-state index is 0.121. The first kappa shape index (κ1) is 13.9. The third-order valence-electron chi connectivity index (χ3n) is 4.08. The Morgan fingerprint density at radius 1 is 1.29 bits per heavy atom. The van der Waals surface area contributed by atoms with Crippen molar-refractivity contribution in [1.29, 1.82) is 0 Å². The van der Waals surface area contributed by atoms with Crippen molar-refractivity contribution in [2.75, 3.05) is 0 Å². The van der Waals surface area contributed by atoms with E-state index in [4.69, 9.17) is 4.42 Å². The highest BCUT2D eigenvalue weighted by Gasteiger charge is 2.32. The molecular weight excluding hydrogens is 264 g/mol. The van der Waals surface area contributed by atoms with Gasteiger partial charge in [0.2, 0.25) is 0 Å². The highest BCUT2D eigenvalue weighted by atomic mass is 16.3. The molecule has 4 heteroatoms. The van der Waals surface area contributed by atoms with E-state index in [-0.39, 0.29) is 17.9 Å². The zero-order valence-electron chi connectivity index (χ0n) is 12.4. The Morgan fingerprint density at radius 3 is 2.67 bits per heavy atom. The van der Waals surface area contributed by atoms with Gasteiger partial charge < -0.3 is 9.73 Å². The molecule has 0 bridgehead atoms. The topological polar surface area (TPSA) is 55.1 Å². The van der Waals surface area contributed by atoms with E-state index in [9.17, 15) is 4.79 Å². The summed E-state index contributed by atoms with van der Waals surface area (Å²) in [5, 5.41) is 3.05. The second kappa shape index (κ2) is 5.72. The van der Waals surface area contributed by atoms with Crippen molar-refractivity contribution in [3.63, 3.8) is 0 Å². The Bertz CT molecular complexity index is 613. The van der Waals surface area contributed by atoms with E-state index in [0.29, 0.717) is 17.4 Å². The van der Waals surface area contributed by atoms with Crippen molar-refractivity contribution < 1.29 is 9.21 Å². The largest absolute Gasteiger partial charge is 0.447 e. The molecule has 1 aromatic carbocycles. The first-order valence-corrected chi connectivity index (χ1v) is 7.44. The van der Waals surface area contributed by atoms with Gasteiger partial charge in [-0.15, -0.1) is 0 Å². The summed E-state index contributed by atoms with van der Waals surface area (Å²) in [6, 6.07) is 10.7. The maximum Gasteiger partial charge on any atom is 0.273 e. The summed E-state index contributed by atoms with van der Waals surface area (Å²) in [5.41, 5.74) is 1.78. The quantitative estimate of drug-likeness (QED) is 0.935. The Morgan fingerprint density at radius 2 is 2.00 bits per heavy atom. The zero-order chi connectivity index (χ0) is 14.8. The number of nitrogens with one attached hydrogen (secondary N) is 1. The predicted molar refractivity (Wildman–Crippen MR) is 80.3 cm³/mol. The molecule has 1 N–H and O–H groups in total. The van der Waals surface area contributed by atoms with Crippen LogP contribution in [0.2, 0.25) is 0 Å². The Balaban J connectivity index is 1.57. The van der Waals surface area contributed by atoms with Crippen molar-refractivity contribution in [1.82, 2.24) is 10.3 Å². The van der Waals surface area contributed by atoms with E-state index in [0.717, 1.165) is 12.8 Å². The van der Waals surface area contributed by atoms with Crippen molar-refractivity contribution in [2.24, 2.45) is 0 Å². The average Bonchev–Trinajstić information content (AvgIpc) is 2.92. The molecule has 1 aliphatic rings. The normalized spacial score (nSPS) is 21.1. The monoisotopic (exact) mass is 284 g/mol. The summed E-state index contributed by atoms with van der Waals surface area (Å²) in [4.78, 5) is 16.3. The number of carbonyl (C=O) groups is 1. The van der Waals surface area contributed by atoms with Gasteiger partial charge in [-0.25, -0.2) is 4.98 Å². The van der Waals surface area contributed by atoms with Gasteiger partial charge in [-0.2, -0.15) is 0 Å². The van der Waals surface area contributed by atoms with Gasteiger partial charge in [-0.3, -0.25) is 4.79 Å². The third kappa shape index (κ3) is 2.84. The van der Waals surface area contributed by atoms with Crippen LogP contribution in [-0.2, 0) is 0 Å². The Kier molecular flexibility index (Phi) is 3.78. The van der Waals surface area contributed by atoms with E-state index >= 15 is 0 Å². The third-order valence-corrected chi connectivity index (χ3v) is 4.08. The maximum atomic E-state index is 12.2. The number of carbonyl (C=O) groups excluding carboxylic acids is 1. The smallest absolute Gasteiger partial charge is 0.273 e. The lowest BCUT2D eigenvalue weighted by atomic mass is 9.76. The van der Waals surface area contributed by atoms with Crippen molar-refractivity contribution in [2.45, 2.75) is 44.6 Å². The number of benzene rings is 1. The molecule has 1 saturated carbocycles. The molecule has 0 saturated heterocycles. The van der Waals surface area contributed by atoms with Crippen molar-refractivity contribution >= 4 is 5.91 Å². The molecule has 0 unspecified atom stereocenters. The number of rotatable bonds is 4. The SMILES string of the molecule is CC(C)c1ocnc1C(=O)NC1CC(c2ccccc2)C1. The first-order chi connectivity index (χ1) is 10.1. The molecular formula is C17H20N2O2. The summed E-state index contributed by atoms with van der Waals surface area (Å²) in [7, 11) is 0. The van der Waals surface area contributed by atoms with Gasteiger partial charge in [0.1, 0.15) is 5.76 Å². The lowest BCUT2D eigenvalue weighted by Crippen LogP contribution is -2.43. The summed E-state index contributed by atoms with van der Waals surface area (Å²) < 4.78 is 5.30. The lowest BCUT2D eigenvalue weighted by molar-refractivity contribution is 0.0902. The number of aromatic nitrogens is 1. The molecule has 0 aliphatic heterocycles. The predicted octanol–water partition coefficient (Wildman–Crippen LogP) is 3.47. The van der Waals surface area contributed by atoms with E-state index in [2.05, 4.69) is 34.6 Å². The summed E-state index contributed by atoms with van der Waals surface area (Å²) >= 11 is 0. The van der Waals surface area contributed by atoms with Gasteiger partial charge in [0, 0.05) is 12.0 Å². The Hall–Kier alpha value is -2.10. The fourth-order valence-corrected chi connectivity index (χ4v) is 2.82. The van der Waals surface area contributed by atoms with Crippen LogP contribution in [0.4, 0.5) is 0 Å². The van der Waals surface area contributed by atoms with Gasteiger partial charge >= 0.3 is 0 Å². The van der Waals surface area contributed by atoms with Crippen molar-refractivity contribution in [3.8, 4) is 0 Å². The first-order valence-electron chi connectivity index (χ1n) is 7.44. The molecule has 1 aliphatic carbocycles. The minimum Gasteiger partial charge on any atom is -0.447 e. The van der Waals surface area contributed by atoms with E-state index in [1.54, 1.807) is 0 Å². The summed E-state index contributed by atoms with van der Waals surface area (Å²) in [5.74, 6) is 1.25. The van der Waals surface area contributed by atoms with Crippen LogP contribution in [0.25, 0.3) is 0 Å². The van der Waals surface area contributed by atoms with Crippen LogP contribution in [0.15, 0.2) is 41.1 Å². The van der Waals surface area contributed by atoms with E-state index < -0.39 is 0 Å². The van der Waals surface area contributed by atoms with Crippen LogP contribution in [0, 0.1) is 0 Å². The lowest BCUT2D eigenvalue weighted by Gasteiger charge is -2.36. The highest BCUT2D eigenvalue weighted by molar-refractivity contribution is 5.93. The molecule has 110 valence electrons. The van der Waals surface area contributed by atoms with Crippen LogP contribution in [0.1, 0.15) is 60.3 Å². The Labute approximate surface area is 124 Å². The standard InChI is InChI=1S/C17H20N2O2/c1-11(2)16-15(18-10-21-16)17(20)19-14-8-13(9-14)12-6-4-3-5-7-12/h3-7,10-11,13-14H,8-9H2,1-2H3,(H,19,20). The van der Waals surface area contributed by atoms with E-state index in [1.807, 2.05) is 19.9 Å². The number of amides is 1. The molecule has 0 radical (unpaired) electrons. The number of nitrogens with zero attached hydrogens (tertiary/aromatic N) is 1. The molecule has 1 heterocycles. The number of oxazole rings is 1. The minimum atomic E-state index is -0.121. The van der Waals surface area contributed by atoms with Crippen LogP contribution in [0.3, 0.4) is 0 Å². The molecule has 3 rings (SSSR count). The zero-order valence-corrected chi connectivity index (χ0v) is 12.4. The molecule has 0 spiro atoms. The van der Waals surface area contributed by atoms with Gasteiger partial charge in [0.05, 0.1) is 0 Å². The molecule has 4 nitrogen and oxygen atoms in total. The summed E-state index contributed by atoms with van der Waals surface area (Å²) in [6.07, 6.45) is 3.33. The second-order valence-electron chi connectivity index (χ2n) is 5.97. The highest BCUT2D eigenvalue weighted by Crippen LogP contribution is 2.36. The fourth-order valence-electron chi connectivity index (χ4n) is 2.82. The molecule has 1 fully saturated rings. The van der Waals surface area contributed by atoms with Crippen LogP contribution >= 0.6 is 0 Å². The maximum absolute atomic E-state index is 12.2. The molecule has 2 aromatic rings. The summed E-state index contributed by atoms with van der Waals surface area (Å²) in [6.45, 7) is 3.98. The fraction of sp³-hybridized carbons (Fsp3) is 0.412. The van der Waals surface area contributed by atoms with Gasteiger partial charge in [-0.1, -0.05) is 44.2 Å². The van der Waals surface area contributed by atoms with Gasteiger partial charge in [-0.05, 0) is 24.3 Å². The van der Waals surface area contributed by atoms with E-state index in [1.165, 1.54) is 12.0 Å². The number of hydrogen-bond donors (Lipinski definition) is 1. The van der Waals surface area contributed by atoms with Crippen LogP contribution < -0.4 is 5.32 Å². The molecule has 1 amide bonds. The average molecular weight is 284 g/mol. The van der Waals surface area contributed by atoms with Crippen LogP contribution in [-0.4, -0.2) is 16.9 Å². The molecule has 21 heavy (non-hydrogen) atoms. The van der Waals surface area contributed by atoms with Crippen LogP contribution in [0.5, 0.6) is 0 Å². The second-order valence-corrected chi connectivity index (χ2v) is 5.97. The van der Waals surface area contributed by atoms with Gasteiger partial charge in [0.15, 0.2) is 12.1 Å². The molecule has 0 atom stereocenters.